The van der Waals surface area contributed by atoms with Crippen molar-refractivity contribution in [3.63, 3.8) is 0 Å². The van der Waals surface area contributed by atoms with E-state index >= 15 is 0 Å². The van der Waals surface area contributed by atoms with Crippen molar-refractivity contribution in [2.24, 2.45) is 23.7 Å². The molecule has 2 aromatic rings. The molecular formula is C33H47ClFN5O7. The minimum absolute atomic E-state index is 0.0377. The summed E-state index contributed by atoms with van der Waals surface area (Å²) in [6.45, 7) is 3.12. The van der Waals surface area contributed by atoms with Gasteiger partial charge in [-0.05, 0) is 61.5 Å². The summed E-state index contributed by atoms with van der Waals surface area (Å²) in [5.74, 6) is 2.82. The number of carbonyl (C=O) groups excluding carboxylic acids is 1. The number of anilines is 1. The van der Waals surface area contributed by atoms with E-state index in [1.165, 1.54) is 18.9 Å². The molecule has 4 unspecified atom stereocenters. The van der Waals surface area contributed by atoms with Gasteiger partial charge in [-0.2, -0.15) is 0 Å². The molecule has 1 aromatic heterocycles. The number of halogens is 2. The summed E-state index contributed by atoms with van der Waals surface area (Å²) in [5, 5.41) is 51.3. The number of ether oxygens (including phenoxy) is 1. The average molecular weight is 680 g/mol. The van der Waals surface area contributed by atoms with E-state index in [1.54, 1.807) is 29.4 Å². The quantitative estimate of drug-likeness (QED) is 0.150. The predicted octanol–water partition coefficient (Wildman–Crippen LogP) is 1.01. The van der Waals surface area contributed by atoms with Crippen LogP contribution in [0.4, 0.5) is 10.3 Å². The molecule has 0 radical (unpaired) electrons. The van der Waals surface area contributed by atoms with Gasteiger partial charge in [-0.15, -0.1) is 0 Å². The van der Waals surface area contributed by atoms with Crippen LogP contribution in [-0.2, 0) is 11.2 Å². The van der Waals surface area contributed by atoms with Crippen molar-refractivity contribution in [1.82, 2.24) is 20.2 Å². The van der Waals surface area contributed by atoms with Crippen molar-refractivity contribution >= 4 is 23.5 Å². The summed E-state index contributed by atoms with van der Waals surface area (Å²) in [7, 11) is 0. The van der Waals surface area contributed by atoms with Crippen LogP contribution in [0.5, 0.6) is 5.75 Å². The molecule has 14 heteroatoms. The number of amides is 1. The van der Waals surface area contributed by atoms with E-state index in [2.05, 4.69) is 20.2 Å². The van der Waals surface area contributed by atoms with Crippen LogP contribution < -0.4 is 15.0 Å². The van der Waals surface area contributed by atoms with Crippen LogP contribution in [0.1, 0.15) is 37.7 Å². The Bertz CT molecular complexity index is 1290. The minimum Gasteiger partial charge on any atom is -0.493 e. The van der Waals surface area contributed by atoms with Gasteiger partial charge in [0.15, 0.2) is 0 Å². The molecule has 2 aliphatic heterocycles. The highest BCUT2D eigenvalue weighted by Gasteiger charge is 2.37. The largest absolute Gasteiger partial charge is 0.493 e. The van der Waals surface area contributed by atoms with E-state index in [-0.39, 0.29) is 24.8 Å². The Hall–Kier alpha value is -2.65. The molecule has 2 saturated heterocycles. The number of piperidine rings is 1. The Morgan fingerprint density at radius 2 is 1.70 bits per heavy atom. The van der Waals surface area contributed by atoms with Crippen LogP contribution in [0.25, 0.3) is 0 Å². The fourth-order valence-electron chi connectivity index (χ4n) is 6.85. The molecule has 0 bridgehead atoms. The summed E-state index contributed by atoms with van der Waals surface area (Å²) in [4.78, 5) is 25.2. The number of carbonyl (C=O) groups is 1. The number of nitrogens with one attached hydrogen (secondary N) is 1. The molecule has 3 aliphatic rings. The molecule has 4 atom stereocenters. The van der Waals surface area contributed by atoms with Crippen LogP contribution in [0.15, 0.2) is 30.6 Å². The monoisotopic (exact) mass is 679 g/mol. The lowest BCUT2D eigenvalue weighted by Crippen LogP contribution is -2.55. The maximum Gasteiger partial charge on any atom is 0.227 e. The number of likely N-dealkylation sites (tertiary alicyclic amines) is 1. The van der Waals surface area contributed by atoms with Crippen LogP contribution in [0.3, 0.4) is 0 Å². The van der Waals surface area contributed by atoms with Crippen LogP contribution in [0.2, 0.25) is 5.02 Å². The number of hydrogen-bond donors (Lipinski definition) is 6. The molecule has 5 rings (SSSR count). The average Bonchev–Trinajstić information content (AvgIpc) is 3.03. The Morgan fingerprint density at radius 3 is 2.36 bits per heavy atom. The molecule has 260 valence electrons. The Labute approximate surface area is 279 Å². The second-order valence-corrected chi connectivity index (χ2v) is 13.7. The zero-order valence-corrected chi connectivity index (χ0v) is 27.3. The van der Waals surface area contributed by atoms with Gasteiger partial charge < -0.3 is 45.4 Å². The van der Waals surface area contributed by atoms with Crippen molar-refractivity contribution < 1.29 is 39.5 Å². The molecule has 0 spiro atoms. The first-order valence-corrected chi connectivity index (χ1v) is 16.9. The normalized spacial score (nSPS) is 23.0. The maximum absolute atomic E-state index is 14.8. The standard InChI is InChI=1S/C33H47ClFN5O7/c34-25-14-37-33(38-15-25)39-6-3-22(4-7-39)24-9-20(10-24)5-8-47-26-2-1-23(27(35)12-26)11-30(44)40-17-21(18-40)13-36-16-28(42)31(45)32(46)29(43)19-41/h1-2,12,14-15,20-22,24,28-29,31-32,36,41-43,45-46H,3-11,13,16-19H2. The van der Waals surface area contributed by atoms with Crippen molar-refractivity contribution in [2.45, 2.75) is 62.9 Å². The topological polar surface area (TPSA) is 172 Å². The van der Waals surface area contributed by atoms with E-state index in [9.17, 15) is 29.6 Å². The van der Waals surface area contributed by atoms with Crippen molar-refractivity contribution in [1.29, 1.82) is 0 Å². The highest BCUT2D eigenvalue weighted by atomic mass is 35.5. The van der Waals surface area contributed by atoms with E-state index in [4.69, 9.17) is 21.4 Å². The Morgan fingerprint density at radius 1 is 1.02 bits per heavy atom. The minimum atomic E-state index is -1.67. The summed E-state index contributed by atoms with van der Waals surface area (Å²) >= 11 is 5.91. The van der Waals surface area contributed by atoms with Gasteiger partial charge in [0.1, 0.15) is 29.9 Å². The van der Waals surface area contributed by atoms with E-state index in [0.717, 1.165) is 50.1 Å². The van der Waals surface area contributed by atoms with Crippen molar-refractivity contribution in [2.75, 3.05) is 57.4 Å². The lowest BCUT2D eigenvalue weighted by molar-refractivity contribution is -0.136. The number of benzene rings is 1. The summed E-state index contributed by atoms with van der Waals surface area (Å²) in [6.07, 6.45) is 2.70. The number of aliphatic hydroxyl groups is 5. The fraction of sp³-hybridized carbons (Fsp3) is 0.667. The van der Waals surface area contributed by atoms with Gasteiger partial charge in [-0.25, -0.2) is 14.4 Å². The molecule has 12 nitrogen and oxygen atoms in total. The van der Waals surface area contributed by atoms with E-state index < -0.39 is 36.8 Å². The van der Waals surface area contributed by atoms with Crippen molar-refractivity contribution in [3.8, 4) is 5.75 Å². The first-order chi connectivity index (χ1) is 22.6. The predicted molar refractivity (Wildman–Crippen MR) is 172 cm³/mol. The number of aliphatic hydroxyl groups excluding tert-OH is 5. The smallest absolute Gasteiger partial charge is 0.227 e. The second kappa shape index (κ2) is 16.6. The molecule has 1 aliphatic carbocycles. The highest BCUT2D eigenvalue weighted by molar-refractivity contribution is 6.30. The zero-order chi connectivity index (χ0) is 33.5. The number of rotatable bonds is 16. The fourth-order valence-corrected chi connectivity index (χ4v) is 6.95. The third-order valence-electron chi connectivity index (χ3n) is 9.95. The van der Waals surface area contributed by atoms with Gasteiger partial charge in [0.25, 0.3) is 0 Å². The number of aromatic nitrogens is 2. The van der Waals surface area contributed by atoms with Gasteiger partial charge in [0, 0.05) is 51.3 Å². The Kier molecular flexibility index (Phi) is 12.6. The van der Waals surface area contributed by atoms with Gasteiger partial charge in [-0.3, -0.25) is 4.79 Å². The lowest BCUT2D eigenvalue weighted by atomic mass is 9.65. The van der Waals surface area contributed by atoms with Gasteiger partial charge in [0.2, 0.25) is 11.9 Å². The third kappa shape index (κ3) is 9.50. The van der Waals surface area contributed by atoms with Crippen LogP contribution >= 0.6 is 11.6 Å². The molecule has 1 saturated carbocycles. The lowest BCUT2D eigenvalue weighted by Gasteiger charge is -2.44. The highest BCUT2D eigenvalue weighted by Crippen LogP contribution is 2.44. The second-order valence-electron chi connectivity index (χ2n) is 13.3. The number of nitrogens with zero attached hydrogens (tertiary/aromatic N) is 4. The molecule has 1 amide bonds. The Balaban J connectivity index is 0.928. The molecule has 47 heavy (non-hydrogen) atoms. The van der Waals surface area contributed by atoms with Gasteiger partial charge >= 0.3 is 0 Å². The SMILES string of the molecule is O=C(Cc1ccc(OCCC2CC(C3CCN(c4ncc(Cl)cn4)CC3)C2)cc1F)N1CC(CNCC(O)C(O)C(O)C(O)CO)C1. The zero-order valence-electron chi connectivity index (χ0n) is 26.5. The summed E-state index contributed by atoms with van der Waals surface area (Å²) in [6, 6.07) is 4.67. The van der Waals surface area contributed by atoms with E-state index in [0.29, 0.717) is 48.5 Å². The summed E-state index contributed by atoms with van der Waals surface area (Å²) in [5.41, 5.74) is 0.320. The van der Waals surface area contributed by atoms with Gasteiger partial charge in [-0.1, -0.05) is 17.7 Å². The molecular weight excluding hydrogens is 633 g/mol. The van der Waals surface area contributed by atoms with Crippen LogP contribution in [0, 0.1) is 29.5 Å². The molecule has 6 N–H and O–H groups in total. The van der Waals surface area contributed by atoms with E-state index in [1.807, 2.05) is 0 Å². The summed E-state index contributed by atoms with van der Waals surface area (Å²) < 4.78 is 20.7. The van der Waals surface area contributed by atoms with Crippen LogP contribution in [-0.4, -0.2) is 123 Å². The first kappa shape index (κ1) is 35.7. The maximum atomic E-state index is 14.8. The first-order valence-electron chi connectivity index (χ1n) is 16.6. The van der Waals surface area contributed by atoms with Crippen molar-refractivity contribution in [3.05, 3.63) is 47.0 Å². The molecule has 1 aromatic carbocycles. The number of hydrogen-bond acceptors (Lipinski definition) is 11. The third-order valence-corrected chi connectivity index (χ3v) is 10.1. The van der Waals surface area contributed by atoms with Gasteiger partial charge in [0.05, 0.1) is 43.2 Å². The molecule has 3 heterocycles. The molecule has 3 fully saturated rings.